The lowest BCUT2D eigenvalue weighted by Gasteiger charge is -2.38. The number of ether oxygens (including phenoxy) is 3. The third-order valence-corrected chi connectivity index (χ3v) is 9.99. The average Bonchev–Trinajstić information content (AvgIpc) is 3.43. The van der Waals surface area contributed by atoms with Crippen LogP contribution in [-0.4, -0.2) is 60.1 Å². The Morgan fingerprint density at radius 2 is 1.75 bits per heavy atom. The van der Waals surface area contributed by atoms with Crippen LogP contribution in [0.2, 0.25) is 10.0 Å². The second-order valence-electron chi connectivity index (χ2n) is 14.4. The van der Waals surface area contributed by atoms with Gasteiger partial charge in [-0.25, -0.2) is 23.2 Å². The van der Waals surface area contributed by atoms with Gasteiger partial charge in [-0.15, -0.1) is 0 Å². The third kappa shape index (κ3) is 9.85. The fourth-order valence-electron chi connectivity index (χ4n) is 7.17. The highest BCUT2D eigenvalue weighted by molar-refractivity contribution is 6.31. The molecule has 0 radical (unpaired) electrons. The molecule has 1 aliphatic rings. The van der Waals surface area contributed by atoms with E-state index in [4.69, 9.17) is 42.5 Å². The molecule has 0 heterocycles. The Labute approximate surface area is 330 Å². The molecule has 0 bridgehead atoms. The number of nitrogens with one attached hydrogen (secondary N) is 2. The maximum Gasteiger partial charge on any atom is 0.410 e. The number of carbonyl (C=O) groups is 5. The van der Waals surface area contributed by atoms with Crippen LogP contribution in [0.1, 0.15) is 73.9 Å². The van der Waals surface area contributed by atoms with Crippen LogP contribution < -0.4 is 15.4 Å². The summed E-state index contributed by atoms with van der Waals surface area (Å²) in [4.78, 5) is 61.3. The molecular formula is C39H39Cl2F2N3O10. The van der Waals surface area contributed by atoms with E-state index < -0.39 is 95.8 Å². The molecule has 1 fully saturated rings. The molecule has 4 rings (SSSR count). The highest BCUT2D eigenvalue weighted by Gasteiger charge is 2.61. The summed E-state index contributed by atoms with van der Waals surface area (Å²) in [5.41, 5.74) is -2.30. The lowest BCUT2D eigenvalue weighted by molar-refractivity contribution is -0.140. The molecule has 0 spiro atoms. The smallest absolute Gasteiger partial charge is 0.410 e. The number of esters is 1. The van der Waals surface area contributed by atoms with Crippen molar-refractivity contribution in [1.29, 1.82) is 5.26 Å². The first-order valence-electron chi connectivity index (χ1n) is 17.2. The van der Waals surface area contributed by atoms with E-state index in [0.29, 0.717) is 6.42 Å². The highest BCUT2D eigenvalue weighted by atomic mass is 35.5. The minimum atomic E-state index is -1.76. The molecule has 298 valence electrons. The molecule has 0 aromatic heterocycles. The van der Waals surface area contributed by atoms with Gasteiger partial charge in [0.1, 0.15) is 23.4 Å². The molecule has 4 N–H and O–H groups in total. The van der Waals surface area contributed by atoms with Gasteiger partial charge in [0.25, 0.3) is 0 Å². The first-order valence-corrected chi connectivity index (χ1v) is 17.9. The van der Waals surface area contributed by atoms with Crippen LogP contribution in [0.25, 0.3) is 0 Å². The number of benzene rings is 3. The van der Waals surface area contributed by atoms with Gasteiger partial charge < -0.3 is 35.1 Å². The van der Waals surface area contributed by atoms with Gasteiger partial charge in [-0.1, -0.05) is 62.2 Å². The van der Waals surface area contributed by atoms with Gasteiger partial charge in [0.2, 0.25) is 12.7 Å². The number of carboxylic acid groups (broad SMARTS) is 2. The van der Waals surface area contributed by atoms with Crippen molar-refractivity contribution >= 4 is 58.8 Å². The first kappa shape index (κ1) is 43.3. The number of halogens is 4. The number of carbonyl (C=O) groups excluding carboxylic acids is 3. The molecule has 3 aromatic carbocycles. The van der Waals surface area contributed by atoms with Crippen molar-refractivity contribution in [2.24, 2.45) is 17.3 Å². The topological polar surface area (TPSA) is 201 Å². The van der Waals surface area contributed by atoms with Gasteiger partial charge >= 0.3 is 24.0 Å². The Balaban J connectivity index is 1.63. The Bertz CT molecular complexity index is 2050. The third-order valence-electron chi connectivity index (χ3n) is 9.46. The predicted octanol–water partition coefficient (Wildman–Crippen LogP) is 7.69. The van der Waals surface area contributed by atoms with Crippen LogP contribution in [0.5, 0.6) is 5.75 Å². The molecule has 1 saturated carbocycles. The minimum absolute atomic E-state index is 0.0146. The summed E-state index contributed by atoms with van der Waals surface area (Å²) in [5.74, 6) is -9.11. The van der Waals surface area contributed by atoms with Crippen molar-refractivity contribution in [1.82, 2.24) is 5.32 Å². The van der Waals surface area contributed by atoms with Crippen LogP contribution in [0, 0.1) is 40.2 Å². The van der Waals surface area contributed by atoms with E-state index in [1.54, 1.807) is 0 Å². The average molecular weight is 819 g/mol. The first-order chi connectivity index (χ1) is 26.3. The van der Waals surface area contributed by atoms with E-state index in [0.717, 1.165) is 6.07 Å². The van der Waals surface area contributed by atoms with Crippen LogP contribution in [0.3, 0.4) is 0 Å². The molecule has 0 unspecified atom stereocenters. The zero-order valence-corrected chi connectivity index (χ0v) is 32.2. The van der Waals surface area contributed by atoms with Gasteiger partial charge in [-0.2, -0.15) is 5.26 Å². The Hall–Kier alpha value is -5.46. The molecule has 0 saturated heterocycles. The molecule has 1 aliphatic carbocycles. The SMILES string of the molecule is COc1cc(C(=O)OCOC(=O)N[C@@H](CCC(=O)O)C(=O)O)ccc1NC(=O)[C@@H]1C[C@@H](CC(C)(C)C)[C@](C#N)(c2ccc(Cl)cc2F)[C@H]1c1cccc(Cl)c1F. The fraction of sp³-hybridized carbons (Fsp3) is 0.385. The second kappa shape index (κ2) is 18.0. The van der Waals surface area contributed by atoms with E-state index in [9.17, 15) is 34.3 Å². The lowest BCUT2D eigenvalue weighted by atomic mass is 9.62. The van der Waals surface area contributed by atoms with E-state index in [-0.39, 0.29) is 44.6 Å². The number of aliphatic carboxylic acids is 2. The number of hydrogen-bond donors (Lipinski definition) is 4. The summed E-state index contributed by atoms with van der Waals surface area (Å²) in [7, 11) is 1.26. The van der Waals surface area contributed by atoms with Crippen LogP contribution in [0.15, 0.2) is 54.6 Å². The number of rotatable bonds is 14. The highest BCUT2D eigenvalue weighted by Crippen LogP contribution is 2.61. The number of nitrogens with zero attached hydrogens (tertiary/aromatic N) is 1. The fourth-order valence-corrected chi connectivity index (χ4v) is 7.51. The molecular weight excluding hydrogens is 779 g/mol. The Kier molecular flexibility index (Phi) is 13.9. The van der Waals surface area contributed by atoms with Crippen LogP contribution in [0.4, 0.5) is 19.3 Å². The number of amides is 2. The Morgan fingerprint density at radius 1 is 1.04 bits per heavy atom. The van der Waals surface area contributed by atoms with Crippen molar-refractivity contribution in [2.45, 2.75) is 63.8 Å². The zero-order valence-electron chi connectivity index (χ0n) is 30.7. The van der Waals surface area contributed by atoms with Crippen molar-refractivity contribution in [3.05, 3.63) is 93.0 Å². The molecule has 0 aliphatic heterocycles. The molecule has 2 amide bonds. The molecule has 56 heavy (non-hydrogen) atoms. The van der Waals surface area contributed by atoms with Gasteiger partial charge in [0.15, 0.2) is 0 Å². The zero-order chi connectivity index (χ0) is 41.5. The second-order valence-corrected chi connectivity index (χ2v) is 15.2. The van der Waals surface area contributed by atoms with Gasteiger partial charge in [0, 0.05) is 28.8 Å². The number of hydrogen-bond acceptors (Lipinski definition) is 9. The van der Waals surface area contributed by atoms with E-state index >= 15 is 8.78 Å². The summed E-state index contributed by atoms with van der Waals surface area (Å²) in [6.07, 6.45) is -1.84. The van der Waals surface area contributed by atoms with Gasteiger partial charge in [0.05, 0.1) is 34.9 Å². The largest absolute Gasteiger partial charge is 0.495 e. The predicted molar refractivity (Wildman–Crippen MR) is 198 cm³/mol. The maximum absolute atomic E-state index is 16.0. The number of anilines is 1. The van der Waals surface area contributed by atoms with Crippen molar-refractivity contribution in [3.63, 3.8) is 0 Å². The quantitative estimate of drug-likeness (QED) is 0.0918. The monoisotopic (exact) mass is 817 g/mol. The summed E-state index contributed by atoms with van der Waals surface area (Å²) >= 11 is 12.3. The van der Waals surface area contributed by atoms with E-state index in [1.165, 1.54) is 55.6 Å². The standard InChI is InChI=1S/C39H39Cl2F2N3O10/c1-38(2,3)17-21-15-24(32(23-6-5-7-26(41)33(23)43)39(21,18-44)25-10-9-22(40)16-27(25)42)34(49)45-28-11-8-20(14-30(28)54-4)36(52)55-19-56-37(53)46-29(35(50)51)12-13-31(47)48/h5-11,14,16,21,24,29,32H,12-13,15,17,19H2,1-4H3,(H,45,49)(H,46,53)(H,47,48)(H,50,51)/t21-,24+,29-,32-,39+/m0/s1. The lowest BCUT2D eigenvalue weighted by Crippen LogP contribution is -2.41. The summed E-state index contributed by atoms with van der Waals surface area (Å²) < 4.78 is 47.1. The van der Waals surface area contributed by atoms with Crippen LogP contribution in [-0.2, 0) is 29.3 Å². The number of methoxy groups -OCH3 is 1. The molecule has 5 atom stereocenters. The molecule has 17 heteroatoms. The molecule has 13 nitrogen and oxygen atoms in total. The number of nitriles is 1. The Morgan fingerprint density at radius 3 is 2.36 bits per heavy atom. The summed E-state index contributed by atoms with van der Waals surface area (Å²) in [6, 6.07) is 12.7. The van der Waals surface area contributed by atoms with E-state index in [1.807, 2.05) is 26.1 Å². The normalized spacial score (nSPS) is 19.6. The van der Waals surface area contributed by atoms with Gasteiger partial charge in [-0.3, -0.25) is 9.59 Å². The van der Waals surface area contributed by atoms with E-state index in [2.05, 4.69) is 11.4 Å². The van der Waals surface area contributed by atoms with Crippen LogP contribution >= 0.6 is 23.2 Å². The summed E-state index contributed by atoms with van der Waals surface area (Å²) in [5, 5.41) is 33.6. The minimum Gasteiger partial charge on any atom is -0.495 e. The number of carboxylic acids is 2. The van der Waals surface area contributed by atoms with Crippen molar-refractivity contribution in [3.8, 4) is 11.8 Å². The van der Waals surface area contributed by atoms with Gasteiger partial charge in [-0.05, 0) is 72.6 Å². The number of alkyl carbamates (subject to hydrolysis) is 1. The van der Waals surface area contributed by atoms with Crippen molar-refractivity contribution < 1.29 is 57.2 Å². The molecule has 3 aromatic rings. The maximum atomic E-state index is 16.0. The summed E-state index contributed by atoms with van der Waals surface area (Å²) in [6.45, 7) is 4.88. The van der Waals surface area contributed by atoms with Crippen molar-refractivity contribution in [2.75, 3.05) is 19.2 Å².